The van der Waals surface area contributed by atoms with E-state index in [1.165, 1.54) is 11.6 Å². The minimum Gasteiger partial charge on any atom is -0.395 e. The molecule has 39 heavy (non-hydrogen) atoms. The van der Waals surface area contributed by atoms with Crippen LogP contribution in [0, 0.1) is 5.82 Å². The molecule has 3 aromatic rings. The van der Waals surface area contributed by atoms with Crippen molar-refractivity contribution >= 4 is 38.9 Å². The van der Waals surface area contributed by atoms with Gasteiger partial charge in [-0.25, -0.2) is 17.8 Å². The van der Waals surface area contributed by atoms with E-state index < -0.39 is 15.7 Å². The lowest BCUT2D eigenvalue weighted by atomic mass is 9.65. The van der Waals surface area contributed by atoms with Crippen molar-refractivity contribution in [3.63, 3.8) is 0 Å². The maximum atomic E-state index is 15.3. The molecule has 2 aliphatic heterocycles. The van der Waals surface area contributed by atoms with E-state index in [9.17, 15) is 13.5 Å². The molecule has 3 aliphatic rings. The van der Waals surface area contributed by atoms with E-state index in [1.54, 1.807) is 6.07 Å². The molecule has 1 saturated heterocycles. The molecule has 7 nitrogen and oxygen atoms in total. The highest BCUT2D eigenvalue weighted by Crippen LogP contribution is 2.44. The van der Waals surface area contributed by atoms with Crippen molar-refractivity contribution in [1.82, 2.24) is 9.97 Å². The minimum absolute atomic E-state index is 0.0182. The van der Waals surface area contributed by atoms with Gasteiger partial charge in [0.25, 0.3) is 0 Å². The van der Waals surface area contributed by atoms with Gasteiger partial charge < -0.3 is 15.3 Å². The molecular formula is C29H32ClFN4O3S. The third-order valence-corrected chi connectivity index (χ3v) is 10.8. The van der Waals surface area contributed by atoms with Gasteiger partial charge in [-0.15, -0.1) is 0 Å². The van der Waals surface area contributed by atoms with Crippen LogP contribution in [0.3, 0.4) is 0 Å². The molecular weight excluding hydrogens is 539 g/mol. The normalized spacial score (nSPS) is 20.2. The fraction of sp³-hybridized carbons (Fsp3) is 0.448. The zero-order chi connectivity index (χ0) is 27.2. The van der Waals surface area contributed by atoms with Crippen molar-refractivity contribution in [1.29, 1.82) is 0 Å². The Morgan fingerprint density at radius 1 is 1.08 bits per heavy atom. The lowest BCUT2D eigenvalue weighted by molar-refractivity contribution is 0.120. The van der Waals surface area contributed by atoms with Crippen LogP contribution in [-0.2, 0) is 21.7 Å². The molecule has 10 heteroatoms. The Bertz CT molecular complexity index is 1480. The quantitative estimate of drug-likeness (QED) is 0.402. The molecule has 0 atom stereocenters. The lowest BCUT2D eigenvalue weighted by Crippen LogP contribution is -2.38. The summed E-state index contributed by atoms with van der Waals surface area (Å²) in [4.78, 5) is 11.5. The highest BCUT2D eigenvalue weighted by molar-refractivity contribution is 7.91. The molecule has 2 aromatic carbocycles. The number of aliphatic hydroxyl groups is 1. The fourth-order valence-corrected chi connectivity index (χ4v) is 7.85. The van der Waals surface area contributed by atoms with E-state index in [1.807, 2.05) is 18.2 Å². The summed E-state index contributed by atoms with van der Waals surface area (Å²) in [7, 11) is -3.60. The molecule has 1 aromatic heterocycles. The predicted molar refractivity (Wildman–Crippen MR) is 150 cm³/mol. The van der Waals surface area contributed by atoms with E-state index >= 15 is 4.39 Å². The number of aromatic nitrogens is 2. The first kappa shape index (κ1) is 26.5. The van der Waals surface area contributed by atoms with E-state index in [2.05, 4.69) is 27.3 Å². The second-order valence-electron chi connectivity index (χ2n) is 11.0. The van der Waals surface area contributed by atoms with Gasteiger partial charge in [-0.3, -0.25) is 0 Å². The Balaban J connectivity index is 1.29. The van der Waals surface area contributed by atoms with Gasteiger partial charge in [-0.2, -0.15) is 4.98 Å². The van der Waals surface area contributed by atoms with Crippen LogP contribution < -0.4 is 10.2 Å². The molecule has 0 bridgehead atoms. The van der Waals surface area contributed by atoms with Crippen LogP contribution >= 0.6 is 11.6 Å². The minimum atomic E-state index is -3.60. The van der Waals surface area contributed by atoms with Crippen LogP contribution in [-0.4, -0.2) is 48.9 Å². The third kappa shape index (κ3) is 5.00. The average Bonchev–Trinajstić information content (AvgIpc) is 2.90. The van der Waals surface area contributed by atoms with Gasteiger partial charge >= 0.3 is 0 Å². The Hall–Kier alpha value is -2.75. The topological polar surface area (TPSA) is 95.4 Å². The van der Waals surface area contributed by atoms with Gasteiger partial charge in [-0.1, -0.05) is 36.2 Å². The first-order valence-electron chi connectivity index (χ1n) is 13.6. The number of sulfone groups is 1. The molecule has 0 spiro atoms. The Morgan fingerprint density at radius 2 is 1.82 bits per heavy atom. The van der Waals surface area contributed by atoms with Crippen molar-refractivity contribution in [2.75, 3.05) is 35.7 Å². The summed E-state index contributed by atoms with van der Waals surface area (Å²) >= 11 is 6.05. The summed E-state index contributed by atoms with van der Waals surface area (Å²) in [5.74, 6) is 0.512. The first-order chi connectivity index (χ1) is 18.8. The number of hydrogen-bond donors (Lipinski definition) is 2. The number of fused-ring (bicyclic) bond motifs is 1. The Morgan fingerprint density at radius 3 is 2.46 bits per heavy atom. The number of piperidine rings is 1. The van der Waals surface area contributed by atoms with Crippen molar-refractivity contribution in [2.24, 2.45) is 0 Å². The Labute approximate surface area is 233 Å². The first-order valence-corrected chi connectivity index (χ1v) is 15.6. The van der Waals surface area contributed by atoms with E-state index in [0.717, 1.165) is 55.8 Å². The van der Waals surface area contributed by atoms with Crippen LogP contribution in [0.2, 0.25) is 5.02 Å². The molecule has 2 N–H and O–H groups in total. The van der Waals surface area contributed by atoms with E-state index in [0.29, 0.717) is 30.4 Å². The van der Waals surface area contributed by atoms with Gasteiger partial charge in [0.05, 0.1) is 23.7 Å². The van der Waals surface area contributed by atoms with Crippen LogP contribution in [0.15, 0.2) is 47.4 Å². The third-order valence-electron chi connectivity index (χ3n) is 8.63. The molecule has 6 rings (SSSR count). The highest BCUT2D eigenvalue weighted by atomic mass is 35.5. The number of hydrogen-bond acceptors (Lipinski definition) is 7. The van der Waals surface area contributed by atoms with Crippen LogP contribution in [0.25, 0.3) is 0 Å². The lowest BCUT2D eigenvalue weighted by Gasteiger charge is -2.41. The highest BCUT2D eigenvalue weighted by Gasteiger charge is 2.38. The number of benzene rings is 2. The fourth-order valence-electron chi connectivity index (χ4n) is 6.10. The molecule has 2 fully saturated rings. The number of halogens is 2. The van der Waals surface area contributed by atoms with E-state index in [4.69, 9.17) is 16.6 Å². The predicted octanol–water partition coefficient (Wildman–Crippen LogP) is 5.53. The second kappa shape index (κ2) is 10.3. The standard InChI is InChI=1S/C29H32ClFN4O3S/c30-22-7-4-19(5-8-22)20-10-14-35(15-11-20)28-33-25-3-1-16-39(37,38)26(25)27(34-28)32-24-9-6-21(17-23(24)31)29(18-36)12-2-13-29/h4-9,17,20,36H,1-3,10-16,18H2,(H,32,33,34). The number of aryl methyl sites for hydroxylation is 1. The second-order valence-corrected chi connectivity index (χ2v) is 13.5. The largest absolute Gasteiger partial charge is 0.395 e. The molecule has 206 valence electrons. The molecule has 0 unspecified atom stereocenters. The molecule has 1 saturated carbocycles. The van der Waals surface area contributed by atoms with Gasteiger partial charge in [-0.05, 0) is 79.8 Å². The van der Waals surface area contributed by atoms with Crippen molar-refractivity contribution in [3.05, 3.63) is 70.1 Å². The van der Waals surface area contributed by atoms with Crippen molar-refractivity contribution in [3.8, 4) is 0 Å². The molecule has 1 aliphatic carbocycles. The SMILES string of the molecule is O=S1(=O)CCCc2nc(N3CCC(c4ccc(Cl)cc4)CC3)nc(Nc3ccc(C4(CO)CCC4)cc3F)c21. The maximum Gasteiger partial charge on any atom is 0.227 e. The number of aliphatic hydroxyl groups excluding tert-OH is 1. The van der Waals surface area contributed by atoms with Crippen LogP contribution in [0.4, 0.5) is 21.8 Å². The van der Waals surface area contributed by atoms with Gasteiger partial charge in [0.2, 0.25) is 5.95 Å². The zero-order valence-electron chi connectivity index (χ0n) is 21.7. The summed E-state index contributed by atoms with van der Waals surface area (Å²) in [6, 6.07) is 12.8. The zero-order valence-corrected chi connectivity index (χ0v) is 23.2. The van der Waals surface area contributed by atoms with Crippen LogP contribution in [0.5, 0.6) is 0 Å². The average molecular weight is 571 g/mol. The summed E-state index contributed by atoms with van der Waals surface area (Å²) in [6.07, 6.45) is 5.50. The molecule has 0 radical (unpaired) electrons. The monoisotopic (exact) mass is 570 g/mol. The molecule has 0 amide bonds. The summed E-state index contributed by atoms with van der Waals surface area (Å²) in [5.41, 5.74) is 2.27. The van der Waals surface area contributed by atoms with E-state index in [-0.39, 0.29) is 34.2 Å². The van der Waals surface area contributed by atoms with Gasteiger partial charge in [0.1, 0.15) is 10.7 Å². The number of anilines is 3. The Kier molecular flexibility index (Phi) is 7.02. The van der Waals surface area contributed by atoms with Gasteiger partial charge in [0, 0.05) is 23.5 Å². The molecule has 3 heterocycles. The van der Waals surface area contributed by atoms with Crippen molar-refractivity contribution in [2.45, 2.75) is 61.2 Å². The number of nitrogens with zero attached hydrogens (tertiary/aromatic N) is 3. The maximum absolute atomic E-state index is 15.3. The van der Waals surface area contributed by atoms with Gasteiger partial charge in [0.15, 0.2) is 15.7 Å². The van der Waals surface area contributed by atoms with Crippen LogP contribution in [0.1, 0.15) is 61.3 Å². The summed E-state index contributed by atoms with van der Waals surface area (Å²) < 4.78 is 41.5. The number of nitrogens with one attached hydrogen (secondary N) is 1. The summed E-state index contributed by atoms with van der Waals surface area (Å²) in [5, 5.41) is 13.6. The smallest absolute Gasteiger partial charge is 0.227 e. The summed E-state index contributed by atoms with van der Waals surface area (Å²) in [6.45, 7) is 1.43. The van der Waals surface area contributed by atoms with Crippen molar-refractivity contribution < 1.29 is 17.9 Å². The number of rotatable bonds is 6.